The third kappa shape index (κ3) is 3.12. The zero-order valence-electron chi connectivity index (χ0n) is 12.2. The number of nitriles is 1. The Balaban J connectivity index is 2.15. The fourth-order valence-electron chi connectivity index (χ4n) is 3.00. The average molecular weight is 274 g/mol. The molecule has 1 aliphatic heterocycles. The molecule has 1 aliphatic rings. The first kappa shape index (κ1) is 14.8. The molecule has 1 heterocycles. The van der Waals surface area contributed by atoms with Crippen LogP contribution in [0.3, 0.4) is 0 Å². The number of aliphatic hydroxyl groups is 1. The number of rotatable bonds is 4. The molecule has 0 bridgehead atoms. The molecule has 4 nitrogen and oxygen atoms in total. The van der Waals surface area contributed by atoms with Crippen LogP contribution in [-0.4, -0.2) is 36.3 Å². The van der Waals surface area contributed by atoms with E-state index in [1.165, 1.54) is 12.8 Å². The minimum absolute atomic E-state index is 0.197. The van der Waals surface area contributed by atoms with E-state index in [-0.39, 0.29) is 12.6 Å². The van der Waals surface area contributed by atoms with Crippen LogP contribution in [0.5, 0.6) is 5.75 Å². The first-order valence-electron chi connectivity index (χ1n) is 7.11. The lowest BCUT2D eigenvalue weighted by molar-refractivity contribution is 0.0472. The number of likely N-dealkylation sites (tertiary alicyclic amines) is 1. The van der Waals surface area contributed by atoms with Crippen molar-refractivity contribution < 1.29 is 9.84 Å². The Bertz CT molecular complexity index is 496. The van der Waals surface area contributed by atoms with Gasteiger partial charge in [0.2, 0.25) is 0 Å². The molecule has 1 saturated heterocycles. The van der Waals surface area contributed by atoms with Crippen molar-refractivity contribution in [3.63, 3.8) is 0 Å². The van der Waals surface area contributed by atoms with E-state index in [1.54, 1.807) is 7.11 Å². The van der Waals surface area contributed by atoms with Crippen molar-refractivity contribution in [1.29, 1.82) is 5.26 Å². The summed E-state index contributed by atoms with van der Waals surface area (Å²) < 4.78 is 5.16. The van der Waals surface area contributed by atoms with Crippen LogP contribution in [0.2, 0.25) is 0 Å². The SMILES string of the molecule is COc1ccc(CN2CCCC(C)C2CO)cc1C#N. The van der Waals surface area contributed by atoms with Crippen LogP contribution in [0.1, 0.15) is 30.9 Å². The maximum absolute atomic E-state index is 9.58. The Morgan fingerprint density at radius 1 is 1.50 bits per heavy atom. The van der Waals surface area contributed by atoms with Gasteiger partial charge in [0.05, 0.1) is 19.3 Å². The maximum atomic E-state index is 9.58. The van der Waals surface area contributed by atoms with Gasteiger partial charge in [0.15, 0.2) is 0 Å². The molecule has 1 fully saturated rings. The summed E-state index contributed by atoms with van der Waals surface area (Å²) in [7, 11) is 1.57. The van der Waals surface area contributed by atoms with Crippen molar-refractivity contribution in [2.45, 2.75) is 32.4 Å². The highest BCUT2D eigenvalue weighted by molar-refractivity contribution is 5.45. The third-order valence-corrected chi connectivity index (χ3v) is 4.19. The molecule has 4 heteroatoms. The van der Waals surface area contributed by atoms with Crippen molar-refractivity contribution in [3.05, 3.63) is 29.3 Å². The highest BCUT2D eigenvalue weighted by atomic mass is 16.5. The Morgan fingerprint density at radius 3 is 2.95 bits per heavy atom. The molecule has 2 unspecified atom stereocenters. The molecule has 2 rings (SSSR count). The predicted molar refractivity (Wildman–Crippen MR) is 77.4 cm³/mol. The standard InChI is InChI=1S/C16H22N2O2/c1-12-4-3-7-18(15(12)11-19)10-13-5-6-16(20-2)14(8-13)9-17/h5-6,8,12,15,19H,3-4,7,10-11H2,1-2H3. The normalized spacial score (nSPS) is 23.3. The van der Waals surface area contributed by atoms with Crippen LogP contribution in [0, 0.1) is 17.2 Å². The molecule has 1 aromatic carbocycles. The van der Waals surface area contributed by atoms with Gasteiger partial charge in [0, 0.05) is 12.6 Å². The maximum Gasteiger partial charge on any atom is 0.136 e. The lowest BCUT2D eigenvalue weighted by atomic mass is 9.91. The largest absolute Gasteiger partial charge is 0.495 e. The topological polar surface area (TPSA) is 56.5 Å². The quantitative estimate of drug-likeness (QED) is 0.914. The molecule has 108 valence electrons. The summed E-state index contributed by atoms with van der Waals surface area (Å²) in [5.74, 6) is 1.13. The number of benzene rings is 1. The van der Waals surface area contributed by atoms with Crippen LogP contribution in [0.4, 0.5) is 0 Å². The van der Waals surface area contributed by atoms with E-state index in [0.717, 1.165) is 18.7 Å². The summed E-state index contributed by atoms with van der Waals surface area (Å²) in [5, 5.41) is 18.7. The first-order valence-corrected chi connectivity index (χ1v) is 7.11. The van der Waals surface area contributed by atoms with E-state index in [2.05, 4.69) is 17.9 Å². The van der Waals surface area contributed by atoms with Crippen molar-refractivity contribution in [2.75, 3.05) is 20.3 Å². The van der Waals surface area contributed by atoms with Crippen LogP contribution in [0.25, 0.3) is 0 Å². The number of aliphatic hydroxyl groups excluding tert-OH is 1. The average Bonchev–Trinajstić information content (AvgIpc) is 2.47. The Hall–Kier alpha value is -1.57. The van der Waals surface area contributed by atoms with Gasteiger partial charge in [0.1, 0.15) is 11.8 Å². The number of nitrogens with zero attached hydrogens (tertiary/aromatic N) is 2. The second kappa shape index (κ2) is 6.74. The molecule has 0 aliphatic carbocycles. The number of hydrogen-bond acceptors (Lipinski definition) is 4. The van der Waals surface area contributed by atoms with Gasteiger partial charge < -0.3 is 9.84 Å². The number of hydrogen-bond donors (Lipinski definition) is 1. The van der Waals surface area contributed by atoms with Gasteiger partial charge in [-0.05, 0) is 43.0 Å². The first-order chi connectivity index (χ1) is 9.69. The minimum atomic E-state index is 0.197. The third-order valence-electron chi connectivity index (χ3n) is 4.19. The van der Waals surface area contributed by atoms with Gasteiger partial charge >= 0.3 is 0 Å². The molecule has 0 radical (unpaired) electrons. The number of ether oxygens (including phenoxy) is 1. The zero-order valence-corrected chi connectivity index (χ0v) is 12.2. The zero-order chi connectivity index (χ0) is 14.5. The van der Waals surface area contributed by atoms with E-state index in [9.17, 15) is 5.11 Å². The van der Waals surface area contributed by atoms with Gasteiger partial charge in [-0.3, -0.25) is 4.90 Å². The monoisotopic (exact) mass is 274 g/mol. The number of piperidine rings is 1. The molecular weight excluding hydrogens is 252 g/mol. The second-order valence-electron chi connectivity index (χ2n) is 5.49. The Morgan fingerprint density at radius 2 is 2.30 bits per heavy atom. The minimum Gasteiger partial charge on any atom is -0.495 e. The smallest absolute Gasteiger partial charge is 0.136 e. The summed E-state index contributed by atoms with van der Waals surface area (Å²) in [4.78, 5) is 2.32. The van der Waals surface area contributed by atoms with E-state index < -0.39 is 0 Å². The van der Waals surface area contributed by atoms with Gasteiger partial charge in [0.25, 0.3) is 0 Å². The fraction of sp³-hybridized carbons (Fsp3) is 0.562. The lowest BCUT2D eigenvalue weighted by Crippen LogP contribution is -2.45. The van der Waals surface area contributed by atoms with Gasteiger partial charge in [-0.1, -0.05) is 13.0 Å². The van der Waals surface area contributed by atoms with Gasteiger partial charge in [-0.15, -0.1) is 0 Å². The molecule has 0 aromatic heterocycles. The second-order valence-corrected chi connectivity index (χ2v) is 5.49. The fourth-order valence-corrected chi connectivity index (χ4v) is 3.00. The summed E-state index contributed by atoms with van der Waals surface area (Å²) in [6.07, 6.45) is 2.34. The molecule has 1 aromatic rings. The predicted octanol–water partition coefficient (Wildman–Crippen LogP) is 2.16. The van der Waals surface area contributed by atoms with Crippen molar-refractivity contribution in [3.8, 4) is 11.8 Å². The van der Waals surface area contributed by atoms with E-state index in [0.29, 0.717) is 17.2 Å². The molecule has 0 saturated carbocycles. The molecular formula is C16H22N2O2. The van der Waals surface area contributed by atoms with Crippen molar-refractivity contribution in [2.24, 2.45) is 5.92 Å². The van der Waals surface area contributed by atoms with Crippen LogP contribution < -0.4 is 4.74 Å². The van der Waals surface area contributed by atoms with Crippen molar-refractivity contribution in [1.82, 2.24) is 4.90 Å². The molecule has 1 N–H and O–H groups in total. The highest BCUT2D eigenvalue weighted by Gasteiger charge is 2.27. The molecule has 0 amide bonds. The van der Waals surface area contributed by atoms with E-state index >= 15 is 0 Å². The summed E-state index contributed by atoms with van der Waals surface area (Å²) in [5.41, 5.74) is 1.66. The van der Waals surface area contributed by atoms with Crippen LogP contribution >= 0.6 is 0 Å². The lowest BCUT2D eigenvalue weighted by Gasteiger charge is -2.39. The highest BCUT2D eigenvalue weighted by Crippen LogP contribution is 2.26. The summed E-state index contributed by atoms with van der Waals surface area (Å²) in [6, 6.07) is 8.10. The Kier molecular flexibility index (Phi) is 4.99. The summed E-state index contributed by atoms with van der Waals surface area (Å²) in [6.45, 7) is 4.17. The van der Waals surface area contributed by atoms with Gasteiger partial charge in [-0.25, -0.2) is 0 Å². The molecule has 20 heavy (non-hydrogen) atoms. The number of methoxy groups -OCH3 is 1. The van der Waals surface area contributed by atoms with E-state index in [1.807, 2.05) is 18.2 Å². The van der Waals surface area contributed by atoms with Crippen LogP contribution in [0.15, 0.2) is 18.2 Å². The van der Waals surface area contributed by atoms with Crippen LogP contribution in [-0.2, 0) is 6.54 Å². The van der Waals surface area contributed by atoms with Crippen molar-refractivity contribution >= 4 is 0 Å². The van der Waals surface area contributed by atoms with Gasteiger partial charge in [-0.2, -0.15) is 5.26 Å². The summed E-state index contributed by atoms with van der Waals surface area (Å²) >= 11 is 0. The molecule has 0 spiro atoms. The Labute approximate surface area is 120 Å². The van der Waals surface area contributed by atoms with E-state index in [4.69, 9.17) is 10.00 Å². The molecule has 2 atom stereocenters.